The predicted molar refractivity (Wildman–Crippen MR) is 79.0 cm³/mol. The summed E-state index contributed by atoms with van der Waals surface area (Å²) < 4.78 is 6.59. The van der Waals surface area contributed by atoms with Gasteiger partial charge in [-0.1, -0.05) is 28.2 Å². The third-order valence-electron chi connectivity index (χ3n) is 3.50. The highest BCUT2D eigenvalue weighted by molar-refractivity contribution is 7.18. The van der Waals surface area contributed by atoms with Crippen LogP contribution in [0.25, 0.3) is 0 Å². The molecule has 0 radical (unpaired) electrons. The van der Waals surface area contributed by atoms with E-state index in [4.69, 9.17) is 16.3 Å². The van der Waals surface area contributed by atoms with Gasteiger partial charge in [0.1, 0.15) is 0 Å². The Kier molecular flexibility index (Phi) is 4.07. The van der Waals surface area contributed by atoms with Crippen molar-refractivity contribution in [3.63, 3.8) is 0 Å². The minimum atomic E-state index is -0.443. The van der Waals surface area contributed by atoms with E-state index in [1.807, 2.05) is 10.9 Å². The number of nitrogens with zero attached hydrogens (tertiary/aromatic N) is 5. The first-order valence-electron chi connectivity index (χ1n) is 6.54. The van der Waals surface area contributed by atoms with Crippen LogP contribution in [0.3, 0.4) is 0 Å². The highest BCUT2D eigenvalue weighted by Crippen LogP contribution is 2.33. The molecule has 3 heterocycles. The van der Waals surface area contributed by atoms with Gasteiger partial charge in [-0.15, -0.1) is 5.10 Å². The van der Waals surface area contributed by atoms with Crippen molar-refractivity contribution in [2.75, 3.05) is 25.1 Å². The first-order valence-corrected chi connectivity index (χ1v) is 7.74. The Morgan fingerprint density at radius 1 is 1.48 bits per heavy atom. The molecule has 1 saturated heterocycles. The summed E-state index contributed by atoms with van der Waals surface area (Å²) in [6.07, 6.45) is 5.48. The number of halogens is 1. The fourth-order valence-corrected chi connectivity index (χ4v) is 3.63. The summed E-state index contributed by atoms with van der Waals surface area (Å²) in [7, 11) is 1.33. The molecule has 112 valence electrons. The zero-order valence-electron chi connectivity index (χ0n) is 11.4. The van der Waals surface area contributed by atoms with E-state index in [0.717, 1.165) is 31.1 Å². The summed E-state index contributed by atoms with van der Waals surface area (Å²) >= 11 is 7.27. The van der Waals surface area contributed by atoms with Gasteiger partial charge in [0.05, 0.1) is 19.3 Å². The van der Waals surface area contributed by atoms with Crippen molar-refractivity contribution < 1.29 is 9.53 Å². The molecule has 7 nitrogen and oxygen atoms in total. The second kappa shape index (κ2) is 5.98. The minimum absolute atomic E-state index is 0.209. The number of carbonyl (C=O) groups excluding carboxylic acids is 1. The molecule has 0 N–H and O–H groups in total. The number of piperidine rings is 1. The minimum Gasteiger partial charge on any atom is -0.465 e. The van der Waals surface area contributed by atoms with Crippen LogP contribution in [-0.4, -0.2) is 46.1 Å². The quantitative estimate of drug-likeness (QED) is 0.803. The second-order valence-electron chi connectivity index (χ2n) is 4.71. The molecule has 0 amide bonds. The average molecular weight is 328 g/mol. The normalized spacial score (nSPS) is 16.2. The third-order valence-corrected chi connectivity index (χ3v) is 4.98. The molecule has 0 aliphatic carbocycles. The van der Waals surface area contributed by atoms with Gasteiger partial charge < -0.3 is 9.64 Å². The first kappa shape index (κ1) is 14.3. The molecule has 1 aliphatic heterocycles. The second-order valence-corrected chi connectivity index (χ2v) is 6.04. The molecule has 0 bridgehead atoms. The van der Waals surface area contributed by atoms with Crippen LogP contribution in [0, 0.1) is 0 Å². The Bertz CT molecular complexity index is 622. The van der Waals surface area contributed by atoms with Gasteiger partial charge in [-0.3, -0.25) is 0 Å². The van der Waals surface area contributed by atoms with Crippen LogP contribution in [0.15, 0.2) is 12.4 Å². The van der Waals surface area contributed by atoms with E-state index in [-0.39, 0.29) is 5.15 Å². The summed E-state index contributed by atoms with van der Waals surface area (Å²) in [5, 5.41) is 8.85. The van der Waals surface area contributed by atoms with Crippen LogP contribution >= 0.6 is 22.9 Å². The van der Waals surface area contributed by atoms with Crippen LogP contribution < -0.4 is 4.90 Å². The number of methoxy groups -OCH3 is 1. The molecule has 9 heteroatoms. The number of hydrogen-bond acceptors (Lipinski definition) is 7. The largest absolute Gasteiger partial charge is 0.465 e. The highest BCUT2D eigenvalue weighted by atomic mass is 35.5. The lowest BCUT2D eigenvalue weighted by Gasteiger charge is -2.31. The van der Waals surface area contributed by atoms with E-state index in [1.54, 1.807) is 6.20 Å². The van der Waals surface area contributed by atoms with Gasteiger partial charge in [0.2, 0.25) is 0 Å². The fourth-order valence-electron chi connectivity index (χ4n) is 2.38. The number of carbonyl (C=O) groups is 1. The van der Waals surface area contributed by atoms with Gasteiger partial charge in [0.25, 0.3) is 0 Å². The van der Waals surface area contributed by atoms with Crippen LogP contribution in [0.5, 0.6) is 0 Å². The van der Waals surface area contributed by atoms with Crippen molar-refractivity contribution in [2.24, 2.45) is 0 Å². The molecule has 2 aromatic rings. The Morgan fingerprint density at radius 2 is 2.24 bits per heavy atom. The molecular weight excluding hydrogens is 314 g/mol. The average Bonchev–Trinajstić information content (AvgIpc) is 3.16. The maximum absolute atomic E-state index is 11.6. The van der Waals surface area contributed by atoms with E-state index in [1.165, 1.54) is 18.4 Å². The van der Waals surface area contributed by atoms with Crippen molar-refractivity contribution in [3.05, 3.63) is 22.4 Å². The summed E-state index contributed by atoms with van der Waals surface area (Å²) in [6.45, 7) is 1.68. The Balaban J connectivity index is 1.68. The SMILES string of the molecule is COC(=O)c1sc(N2CCC(n3ccnn3)CC2)nc1Cl. The zero-order chi connectivity index (χ0) is 14.8. The van der Waals surface area contributed by atoms with Crippen molar-refractivity contribution in [2.45, 2.75) is 18.9 Å². The Hall–Kier alpha value is -1.67. The summed E-state index contributed by atoms with van der Waals surface area (Å²) in [4.78, 5) is 18.3. The molecule has 0 unspecified atom stereocenters. The molecule has 1 fully saturated rings. The van der Waals surface area contributed by atoms with Crippen LogP contribution in [-0.2, 0) is 4.74 Å². The molecule has 0 atom stereocenters. The van der Waals surface area contributed by atoms with Gasteiger partial charge in [-0.05, 0) is 12.8 Å². The lowest BCUT2D eigenvalue weighted by atomic mass is 10.1. The van der Waals surface area contributed by atoms with Crippen molar-refractivity contribution >= 4 is 34.0 Å². The van der Waals surface area contributed by atoms with Gasteiger partial charge in [0.15, 0.2) is 15.2 Å². The smallest absolute Gasteiger partial charge is 0.351 e. The highest BCUT2D eigenvalue weighted by Gasteiger charge is 2.25. The number of anilines is 1. The summed E-state index contributed by atoms with van der Waals surface area (Å²) in [5.74, 6) is -0.443. The lowest BCUT2D eigenvalue weighted by Crippen LogP contribution is -2.34. The molecule has 3 rings (SSSR count). The van der Waals surface area contributed by atoms with Crippen molar-refractivity contribution in [1.82, 2.24) is 20.0 Å². The van der Waals surface area contributed by atoms with E-state index >= 15 is 0 Å². The summed E-state index contributed by atoms with van der Waals surface area (Å²) in [5.41, 5.74) is 0. The number of hydrogen-bond donors (Lipinski definition) is 0. The van der Waals surface area contributed by atoms with Crippen molar-refractivity contribution in [1.29, 1.82) is 0 Å². The Morgan fingerprint density at radius 3 is 2.86 bits per heavy atom. The maximum atomic E-state index is 11.6. The fraction of sp³-hybridized carbons (Fsp3) is 0.500. The van der Waals surface area contributed by atoms with E-state index in [9.17, 15) is 4.79 Å². The number of thiazole rings is 1. The summed E-state index contributed by atoms with van der Waals surface area (Å²) in [6, 6.07) is 0.360. The number of esters is 1. The number of aromatic nitrogens is 4. The number of ether oxygens (including phenoxy) is 1. The topological polar surface area (TPSA) is 73.1 Å². The monoisotopic (exact) mass is 327 g/mol. The standard InChI is InChI=1S/C12H14ClN5O2S/c1-20-11(19)9-10(13)15-12(21-9)17-5-2-8(3-6-17)18-7-4-14-16-18/h4,7-8H,2-3,5-6H2,1H3. The first-order chi connectivity index (χ1) is 10.2. The van der Waals surface area contributed by atoms with Crippen LogP contribution in [0.2, 0.25) is 5.15 Å². The van der Waals surface area contributed by atoms with Gasteiger partial charge in [-0.25, -0.2) is 14.5 Å². The zero-order valence-corrected chi connectivity index (χ0v) is 13.0. The predicted octanol–water partition coefficient (Wildman–Crippen LogP) is 2.02. The Labute approximate surface area is 130 Å². The maximum Gasteiger partial charge on any atom is 0.351 e. The molecular formula is C12H14ClN5O2S. The van der Waals surface area contributed by atoms with Crippen LogP contribution in [0.4, 0.5) is 5.13 Å². The molecule has 1 aliphatic rings. The molecule has 0 aromatic carbocycles. The van der Waals surface area contributed by atoms with E-state index in [2.05, 4.69) is 20.2 Å². The van der Waals surface area contributed by atoms with Crippen molar-refractivity contribution in [3.8, 4) is 0 Å². The molecule has 0 saturated carbocycles. The lowest BCUT2D eigenvalue weighted by molar-refractivity contribution is 0.0606. The molecule has 0 spiro atoms. The molecule has 21 heavy (non-hydrogen) atoms. The van der Waals surface area contributed by atoms with Crippen LogP contribution in [0.1, 0.15) is 28.6 Å². The van der Waals surface area contributed by atoms with Gasteiger partial charge in [-0.2, -0.15) is 0 Å². The van der Waals surface area contributed by atoms with E-state index < -0.39 is 5.97 Å². The van der Waals surface area contributed by atoms with Gasteiger partial charge in [0, 0.05) is 19.3 Å². The van der Waals surface area contributed by atoms with E-state index in [0.29, 0.717) is 10.9 Å². The number of rotatable bonds is 3. The third kappa shape index (κ3) is 2.86. The van der Waals surface area contributed by atoms with Gasteiger partial charge >= 0.3 is 5.97 Å². The molecule has 2 aromatic heterocycles.